The van der Waals surface area contributed by atoms with Gasteiger partial charge in [-0.1, -0.05) is 13.8 Å². The van der Waals surface area contributed by atoms with Crippen LogP contribution in [0.3, 0.4) is 0 Å². The molecular formula is C20H24N4O3. The summed E-state index contributed by atoms with van der Waals surface area (Å²) in [5.74, 6) is 0.167. The van der Waals surface area contributed by atoms with Gasteiger partial charge in [0.25, 0.3) is 11.8 Å². The zero-order chi connectivity index (χ0) is 19.4. The molecule has 1 aliphatic rings. The number of ether oxygens (including phenoxy) is 1. The number of aromatic nitrogens is 1. The molecule has 1 aliphatic heterocycles. The van der Waals surface area contributed by atoms with E-state index in [1.807, 2.05) is 6.07 Å². The molecule has 1 aromatic carbocycles. The van der Waals surface area contributed by atoms with E-state index in [0.717, 1.165) is 18.5 Å². The molecule has 0 saturated heterocycles. The maximum absolute atomic E-state index is 12.8. The normalized spacial score (nSPS) is 13.2. The minimum Gasteiger partial charge on any atom is -0.482 e. The third kappa shape index (κ3) is 4.02. The van der Waals surface area contributed by atoms with Crippen molar-refractivity contribution in [1.82, 2.24) is 4.98 Å². The lowest BCUT2D eigenvalue weighted by Crippen LogP contribution is -2.35. The second-order valence-corrected chi connectivity index (χ2v) is 6.46. The van der Waals surface area contributed by atoms with Gasteiger partial charge < -0.3 is 20.3 Å². The van der Waals surface area contributed by atoms with Gasteiger partial charge in [-0.3, -0.25) is 14.6 Å². The molecule has 1 aromatic heterocycles. The molecule has 7 heteroatoms. The smallest absolute Gasteiger partial charge is 0.264 e. The number of nitrogens with zero attached hydrogens (tertiary/aromatic N) is 2. The SMILES string of the molecule is CCC(CC)Nc1ccncc1NC(=O)c1ccc2c(c1)N(C)C(=O)CO2. The van der Waals surface area contributed by atoms with Gasteiger partial charge in [-0.25, -0.2) is 0 Å². The van der Waals surface area contributed by atoms with Crippen molar-refractivity contribution in [3.63, 3.8) is 0 Å². The molecule has 0 unspecified atom stereocenters. The minimum atomic E-state index is -0.273. The molecule has 0 aliphatic carbocycles. The molecule has 0 bridgehead atoms. The van der Waals surface area contributed by atoms with E-state index in [4.69, 9.17) is 4.74 Å². The van der Waals surface area contributed by atoms with Crippen LogP contribution in [0.4, 0.5) is 17.1 Å². The van der Waals surface area contributed by atoms with E-state index in [0.29, 0.717) is 28.7 Å². The van der Waals surface area contributed by atoms with Crippen molar-refractivity contribution in [2.24, 2.45) is 0 Å². The zero-order valence-electron chi connectivity index (χ0n) is 15.8. The molecule has 0 saturated carbocycles. The Morgan fingerprint density at radius 2 is 2.04 bits per heavy atom. The van der Waals surface area contributed by atoms with Gasteiger partial charge in [-0.05, 0) is 37.1 Å². The quantitative estimate of drug-likeness (QED) is 0.817. The summed E-state index contributed by atoms with van der Waals surface area (Å²) in [5, 5.41) is 6.34. The number of amides is 2. The Morgan fingerprint density at radius 3 is 2.78 bits per heavy atom. The number of pyridine rings is 1. The van der Waals surface area contributed by atoms with E-state index < -0.39 is 0 Å². The van der Waals surface area contributed by atoms with Gasteiger partial charge in [0.05, 0.1) is 23.3 Å². The van der Waals surface area contributed by atoms with Gasteiger partial charge in [0.2, 0.25) is 0 Å². The van der Waals surface area contributed by atoms with Gasteiger partial charge in [-0.15, -0.1) is 0 Å². The Balaban J connectivity index is 1.81. The van der Waals surface area contributed by atoms with E-state index in [2.05, 4.69) is 29.5 Å². The fourth-order valence-corrected chi connectivity index (χ4v) is 2.94. The van der Waals surface area contributed by atoms with Gasteiger partial charge in [0.15, 0.2) is 6.61 Å². The maximum Gasteiger partial charge on any atom is 0.264 e. The molecular weight excluding hydrogens is 344 g/mol. The summed E-state index contributed by atoms with van der Waals surface area (Å²) in [4.78, 5) is 30.2. The number of rotatable bonds is 6. The van der Waals surface area contributed by atoms with Crippen LogP contribution >= 0.6 is 0 Å². The number of likely N-dealkylation sites (N-methyl/N-ethyl adjacent to an activating group) is 1. The highest BCUT2D eigenvalue weighted by Crippen LogP contribution is 2.32. The third-order valence-electron chi connectivity index (χ3n) is 4.72. The maximum atomic E-state index is 12.8. The summed E-state index contributed by atoms with van der Waals surface area (Å²) in [6.07, 6.45) is 5.28. The lowest BCUT2D eigenvalue weighted by Gasteiger charge is -2.26. The average Bonchev–Trinajstić information content (AvgIpc) is 2.70. The van der Waals surface area contributed by atoms with Gasteiger partial charge in [0.1, 0.15) is 5.75 Å². The first-order chi connectivity index (χ1) is 13.0. The van der Waals surface area contributed by atoms with Crippen LogP contribution in [0.15, 0.2) is 36.7 Å². The molecule has 27 heavy (non-hydrogen) atoms. The molecule has 2 aromatic rings. The Labute approximate surface area is 158 Å². The number of hydrogen-bond donors (Lipinski definition) is 2. The highest BCUT2D eigenvalue weighted by molar-refractivity contribution is 6.07. The molecule has 2 N–H and O–H groups in total. The van der Waals surface area contributed by atoms with Crippen LogP contribution in [-0.2, 0) is 4.79 Å². The van der Waals surface area contributed by atoms with E-state index in [1.165, 1.54) is 4.90 Å². The Hall–Kier alpha value is -3.09. The van der Waals surface area contributed by atoms with E-state index in [9.17, 15) is 9.59 Å². The van der Waals surface area contributed by atoms with E-state index in [1.54, 1.807) is 37.6 Å². The van der Waals surface area contributed by atoms with Crippen molar-refractivity contribution < 1.29 is 14.3 Å². The summed E-state index contributed by atoms with van der Waals surface area (Å²) in [5.41, 5.74) is 2.48. The van der Waals surface area contributed by atoms with Crippen molar-refractivity contribution in [2.75, 3.05) is 29.2 Å². The third-order valence-corrected chi connectivity index (χ3v) is 4.72. The fraction of sp³-hybridized carbons (Fsp3) is 0.350. The van der Waals surface area contributed by atoms with Crippen molar-refractivity contribution in [1.29, 1.82) is 0 Å². The highest BCUT2D eigenvalue weighted by atomic mass is 16.5. The standard InChI is InChI=1S/C20H24N4O3/c1-4-14(5-2)22-15-8-9-21-11-16(15)23-20(26)13-6-7-18-17(10-13)24(3)19(25)12-27-18/h6-11,14H,4-5,12H2,1-3H3,(H,21,22)(H,23,26). The Kier molecular flexibility index (Phi) is 5.59. The van der Waals surface area contributed by atoms with Crippen LogP contribution in [0.1, 0.15) is 37.0 Å². The first-order valence-corrected chi connectivity index (χ1v) is 9.08. The van der Waals surface area contributed by atoms with Crippen molar-refractivity contribution in [3.8, 4) is 5.75 Å². The van der Waals surface area contributed by atoms with E-state index >= 15 is 0 Å². The average molecular weight is 368 g/mol. The highest BCUT2D eigenvalue weighted by Gasteiger charge is 2.23. The second-order valence-electron chi connectivity index (χ2n) is 6.46. The summed E-state index contributed by atoms with van der Waals surface area (Å²) in [6, 6.07) is 7.22. The van der Waals surface area contributed by atoms with Crippen LogP contribution in [0.25, 0.3) is 0 Å². The predicted molar refractivity (Wildman–Crippen MR) is 106 cm³/mol. The summed E-state index contributed by atoms with van der Waals surface area (Å²) in [7, 11) is 1.67. The number of nitrogens with one attached hydrogen (secondary N) is 2. The molecule has 2 heterocycles. The molecule has 142 valence electrons. The number of benzene rings is 1. The van der Waals surface area contributed by atoms with Crippen LogP contribution in [-0.4, -0.2) is 36.5 Å². The molecule has 3 rings (SSSR count). The number of carbonyl (C=O) groups is 2. The summed E-state index contributed by atoms with van der Waals surface area (Å²) < 4.78 is 5.40. The van der Waals surface area contributed by atoms with Crippen LogP contribution in [0.2, 0.25) is 0 Å². The Morgan fingerprint density at radius 1 is 1.26 bits per heavy atom. The molecule has 0 fully saturated rings. The number of hydrogen-bond acceptors (Lipinski definition) is 5. The van der Waals surface area contributed by atoms with Crippen LogP contribution < -0.4 is 20.3 Å². The van der Waals surface area contributed by atoms with Crippen LogP contribution in [0.5, 0.6) is 5.75 Å². The van der Waals surface area contributed by atoms with Crippen molar-refractivity contribution in [2.45, 2.75) is 32.7 Å². The first kappa shape index (κ1) is 18.7. The van der Waals surface area contributed by atoms with Crippen molar-refractivity contribution >= 4 is 28.9 Å². The monoisotopic (exact) mass is 368 g/mol. The largest absolute Gasteiger partial charge is 0.482 e. The lowest BCUT2D eigenvalue weighted by atomic mass is 10.1. The zero-order valence-corrected chi connectivity index (χ0v) is 15.8. The summed E-state index contributed by atoms with van der Waals surface area (Å²) in [6.45, 7) is 4.25. The second kappa shape index (κ2) is 8.07. The van der Waals surface area contributed by atoms with Crippen molar-refractivity contribution in [3.05, 3.63) is 42.2 Å². The number of anilines is 3. The van der Waals surface area contributed by atoms with Gasteiger partial charge in [-0.2, -0.15) is 0 Å². The predicted octanol–water partition coefficient (Wildman–Crippen LogP) is 3.29. The lowest BCUT2D eigenvalue weighted by molar-refractivity contribution is -0.120. The Bertz CT molecular complexity index is 849. The first-order valence-electron chi connectivity index (χ1n) is 9.08. The molecule has 0 atom stereocenters. The molecule has 2 amide bonds. The van der Waals surface area contributed by atoms with Gasteiger partial charge >= 0.3 is 0 Å². The topological polar surface area (TPSA) is 83.6 Å². The molecule has 7 nitrogen and oxygen atoms in total. The van der Waals surface area contributed by atoms with Crippen LogP contribution in [0, 0.1) is 0 Å². The number of fused-ring (bicyclic) bond motifs is 1. The number of carbonyl (C=O) groups excluding carboxylic acids is 2. The summed E-state index contributed by atoms with van der Waals surface area (Å²) >= 11 is 0. The van der Waals surface area contributed by atoms with Gasteiger partial charge in [0, 0.05) is 24.8 Å². The van der Waals surface area contributed by atoms with E-state index in [-0.39, 0.29) is 18.4 Å². The minimum absolute atomic E-state index is 0.00970. The molecule has 0 spiro atoms. The molecule has 0 radical (unpaired) electrons. The fourth-order valence-electron chi connectivity index (χ4n) is 2.94.